The van der Waals surface area contributed by atoms with Crippen LogP contribution in [-0.2, 0) is 6.42 Å². The van der Waals surface area contributed by atoms with Crippen LogP contribution in [0, 0.1) is 6.92 Å². The van der Waals surface area contributed by atoms with Gasteiger partial charge in [0, 0.05) is 23.7 Å². The summed E-state index contributed by atoms with van der Waals surface area (Å²) in [5.41, 5.74) is 2.34. The van der Waals surface area contributed by atoms with Gasteiger partial charge in [0.15, 0.2) is 11.6 Å². The molecule has 0 bridgehead atoms. The normalized spacial score (nSPS) is 14.5. The number of aryl methyl sites for hydroxylation is 2. The van der Waals surface area contributed by atoms with Crippen molar-refractivity contribution >= 4 is 17.5 Å². The van der Waals surface area contributed by atoms with Crippen molar-refractivity contribution in [2.75, 3.05) is 5.32 Å². The second kappa shape index (κ2) is 7.51. The van der Waals surface area contributed by atoms with Crippen LogP contribution in [0.25, 0.3) is 0 Å². The minimum atomic E-state index is -0.324. The van der Waals surface area contributed by atoms with Crippen LogP contribution >= 0.6 is 0 Å². The van der Waals surface area contributed by atoms with Gasteiger partial charge < -0.3 is 15.1 Å². The molecular weight excluding hydrogens is 318 g/mol. The fourth-order valence-corrected chi connectivity index (χ4v) is 3.05. The molecule has 2 amide bonds. The number of rotatable bonds is 5. The first-order valence-electron chi connectivity index (χ1n) is 8.74. The second-order valence-electron chi connectivity index (χ2n) is 6.42. The quantitative estimate of drug-likeness (QED) is 0.872. The van der Waals surface area contributed by atoms with E-state index in [2.05, 4.69) is 15.6 Å². The minimum Gasteiger partial charge on any atom is -0.448 e. The van der Waals surface area contributed by atoms with Gasteiger partial charge in [-0.05, 0) is 43.5 Å². The molecule has 2 aromatic rings. The molecule has 1 aliphatic carbocycles. The Kier molecular flexibility index (Phi) is 5.16. The van der Waals surface area contributed by atoms with Crippen LogP contribution < -0.4 is 10.6 Å². The Bertz CT molecular complexity index is 776. The van der Waals surface area contributed by atoms with E-state index in [4.69, 9.17) is 4.42 Å². The van der Waals surface area contributed by atoms with Crippen molar-refractivity contribution in [2.24, 2.45) is 0 Å². The summed E-state index contributed by atoms with van der Waals surface area (Å²) in [4.78, 5) is 28.7. The number of hydrogen-bond donors (Lipinski definition) is 2. The van der Waals surface area contributed by atoms with E-state index in [-0.39, 0.29) is 23.6 Å². The second-order valence-corrected chi connectivity index (χ2v) is 6.42. The van der Waals surface area contributed by atoms with Gasteiger partial charge in [-0.15, -0.1) is 0 Å². The van der Waals surface area contributed by atoms with Crippen LogP contribution in [0.15, 0.2) is 28.9 Å². The number of oxazole rings is 1. The zero-order valence-corrected chi connectivity index (χ0v) is 14.6. The number of nitrogens with zero attached hydrogens (tertiary/aromatic N) is 1. The number of amides is 2. The number of benzene rings is 1. The van der Waals surface area contributed by atoms with Gasteiger partial charge in [0.2, 0.25) is 0 Å². The van der Waals surface area contributed by atoms with Crippen LogP contribution in [0.2, 0.25) is 0 Å². The summed E-state index contributed by atoms with van der Waals surface area (Å²) < 4.78 is 5.19. The van der Waals surface area contributed by atoms with Crippen molar-refractivity contribution in [3.63, 3.8) is 0 Å². The molecule has 3 rings (SSSR count). The van der Waals surface area contributed by atoms with Crippen LogP contribution in [-0.4, -0.2) is 22.8 Å². The third-order valence-corrected chi connectivity index (χ3v) is 4.51. The van der Waals surface area contributed by atoms with Gasteiger partial charge in [0.05, 0.1) is 0 Å². The largest absolute Gasteiger partial charge is 0.448 e. The van der Waals surface area contributed by atoms with E-state index in [9.17, 15) is 9.59 Å². The van der Waals surface area contributed by atoms with Crippen molar-refractivity contribution in [2.45, 2.75) is 52.0 Å². The average molecular weight is 341 g/mol. The number of carbonyl (C=O) groups is 2. The highest BCUT2D eigenvalue weighted by Gasteiger charge is 2.19. The number of hydrogen-bond acceptors (Lipinski definition) is 4. The van der Waals surface area contributed by atoms with Crippen LogP contribution in [0.5, 0.6) is 0 Å². The van der Waals surface area contributed by atoms with Crippen molar-refractivity contribution in [3.8, 4) is 0 Å². The predicted octanol–water partition coefficient (Wildman–Crippen LogP) is 3.47. The molecule has 1 aromatic heterocycles. The highest BCUT2D eigenvalue weighted by molar-refractivity contribution is 6.03. The molecular formula is C19H23N3O3. The summed E-state index contributed by atoms with van der Waals surface area (Å²) in [7, 11) is 0. The Morgan fingerprint density at radius 2 is 2.00 bits per heavy atom. The monoisotopic (exact) mass is 341 g/mol. The van der Waals surface area contributed by atoms with Crippen molar-refractivity contribution in [3.05, 3.63) is 47.2 Å². The molecule has 0 atom stereocenters. The van der Waals surface area contributed by atoms with Crippen LogP contribution in [0.1, 0.15) is 64.9 Å². The minimum absolute atomic E-state index is 0.0584. The summed E-state index contributed by atoms with van der Waals surface area (Å²) in [5, 5.41) is 5.88. The zero-order chi connectivity index (χ0) is 17.8. The molecule has 6 heteroatoms. The first-order chi connectivity index (χ1) is 12.1. The molecule has 1 fully saturated rings. The highest BCUT2D eigenvalue weighted by atomic mass is 16.3. The Balaban J connectivity index is 1.66. The summed E-state index contributed by atoms with van der Waals surface area (Å²) in [6.07, 6.45) is 6.45. The lowest BCUT2D eigenvalue weighted by molar-refractivity contribution is 0.0937. The lowest BCUT2D eigenvalue weighted by atomic mass is 10.1. The Hall–Kier alpha value is -2.63. The van der Waals surface area contributed by atoms with Gasteiger partial charge in [-0.2, -0.15) is 0 Å². The molecule has 0 radical (unpaired) electrons. The van der Waals surface area contributed by atoms with Crippen LogP contribution in [0.4, 0.5) is 5.69 Å². The molecule has 0 saturated heterocycles. The van der Waals surface area contributed by atoms with E-state index >= 15 is 0 Å². The standard InChI is InChI=1S/C19H23N3O3/c1-3-17-21-16(11-25-17)19(24)22-15-9-8-13(10-12(15)2)18(23)20-14-6-4-5-7-14/h8-11,14H,3-7H2,1-2H3,(H,20,23)(H,22,24). The number of anilines is 1. The number of carbonyl (C=O) groups excluding carboxylic acids is 2. The van der Waals surface area contributed by atoms with Gasteiger partial charge in [-0.3, -0.25) is 9.59 Å². The third-order valence-electron chi connectivity index (χ3n) is 4.51. The van der Waals surface area contributed by atoms with Gasteiger partial charge in [0.25, 0.3) is 11.8 Å². The molecule has 1 heterocycles. The van der Waals surface area contributed by atoms with E-state index in [0.29, 0.717) is 23.6 Å². The first kappa shape index (κ1) is 17.2. The number of aromatic nitrogens is 1. The molecule has 0 spiro atoms. The third kappa shape index (κ3) is 4.07. The van der Waals surface area contributed by atoms with E-state index in [1.807, 2.05) is 13.8 Å². The average Bonchev–Trinajstić information content (AvgIpc) is 3.27. The van der Waals surface area contributed by atoms with E-state index in [1.54, 1.807) is 18.2 Å². The molecule has 132 valence electrons. The molecule has 25 heavy (non-hydrogen) atoms. The molecule has 6 nitrogen and oxygen atoms in total. The van der Waals surface area contributed by atoms with E-state index < -0.39 is 0 Å². The molecule has 2 N–H and O–H groups in total. The van der Waals surface area contributed by atoms with Gasteiger partial charge in [0.1, 0.15) is 6.26 Å². The molecule has 0 unspecified atom stereocenters. The maximum absolute atomic E-state index is 12.3. The molecule has 1 aliphatic rings. The topological polar surface area (TPSA) is 84.2 Å². The fourth-order valence-electron chi connectivity index (χ4n) is 3.05. The molecule has 1 saturated carbocycles. The van der Waals surface area contributed by atoms with Gasteiger partial charge in [-0.25, -0.2) is 4.98 Å². The maximum atomic E-state index is 12.3. The lowest BCUT2D eigenvalue weighted by Crippen LogP contribution is -2.32. The summed E-state index contributed by atoms with van der Waals surface area (Å²) >= 11 is 0. The van der Waals surface area contributed by atoms with Crippen molar-refractivity contribution in [1.29, 1.82) is 0 Å². The fraction of sp³-hybridized carbons (Fsp3) is 0.421. The Morgan fingerprint density at radius 3 is 2.64 bits per heavy atom. The van der Waals surface area contributed by atoms with Crippen molar-refractivity contribution in [1.82, 2.24) is 10.3 Å². The summed E-state index contributed by atoms with van der Waals surface area (Å²) in [6.45, 7) is 3.77. The summed E-state index contributed by atoms with van der Waals surface area (Å²) in [5.74, 6) is 0.146. The Labute approximate surface area is 147 Å². The smallest absolute Gasteiger partial charge is 0.277 e. The van der Waals surface area contributed by atoms with Gasteiger partial charge in [-0.1, -0.05) is 19.8 Å². The molecule has 0 aliphatic heterocycles. The Morgan fingerprint density at radius 1 is 1.24 bits per heavy atom. The first-order valence-corrected chi connectivity index (χ1v) is 8.74. The van der Waals surface area contributed by atoms with E-state index in [0.717, 1.165) is 18.4 Å². The lowest BCUT2D eigenvalue weighted by Gasteiger charge is -2.13. The van der Waals surface area contributed by atoms with Gasteiger partial charge >= 0.3 is 0 Å². The van der Waals surface area contributed by atoms with E-state index in [1.165, 1.54) is 19.1 Å². The number of nitrogens with one attached hydrogen (secondary N) is 2. The SMILES string of the molecule is CCc1nc(C(=O)Nc2ccc(C(=O)NC3CCCC3)cc2C)co1. The molecule has 1 aromatic carbocycles. The van der Waals surface area contributed by atoms with Crippen LogP contribution in [0.3, 0.4) is 0 Å². The highest BCUT2D eigenvalue weighted by Crippen LogP contribution is 2.20. The predicted molar refractivity (Wildman–Crippen MR) is 94.7 cm³/mol. The zero-order valence-electron chi connectivity index (χ0n) is 14.6. The maximum Gasteiger partial charge on any atom is 0.277 e. The summed E-state index contributed by atoms with van der Waals surface area (Å²) in [6, 6.07) is 5.55. The van der Waals surface area contributed by atoms with Crippen molar-refractivity contribution < 1.29 is 14.0 Å².